The maximum atomic E-state index is 12.6. The molecule has 98 valence electrons. The second-order valence-corrected chi connectivity index (χ2v) is 4.95. The number of nitrogens with zero attached hydrogens (tertiary/aromatic N) is 2. The van der Waals surface area contributed by atoms with Crippen LogP contribution in [0.3, 0.4) is 0 Å². The van der Waals surface area contributed by atoms with Gasteiger partial charge in [0, 0.05) is 31.2 Å². The smallest absolute Gasteiger partial charge is 0.186 e. The fourth-order valence-corrected chi connectivity index (χ4v) is 2.19. The molecule has 0 aliphatic carbocycles. The molecule has 0 bridgehead atoms. The van der Waals surface area contributed by atoms with Gasteiger partial charge in [0.25, 0.3) is 0 Å². The van der Waals surface area contributed by atoms with Crippen LogP contribution in [0.1, 0.15) is 24.2 Å². The number of morpholine rings is 1. The molecule has 0 amide bonds. The van der Waals surface area contributed by atoms with Gasteiger partial charge in [0.05, 0.1) is 24.3 Å². The summed E-state index contributed by atoms with van der Waals surface area (Å²) >= 11 is 0. The van der Waals surface area contributed by atoms with E-state index in [1.807, 2.05) is 13.8 Å². The molecule has 1 aromatic rings. The van der Waals surface area contributed by atoms with Crippen LogP contribution in [0, 0.1) is 0 Å². The number of rotatable bonds is 3. The van der Waals surface area contributed by atoms with Crippen LogP contribution in [-0.2, 0) is 4.74 Å². The van der Waals surface area contributed by atoms with Crippen molar-refractivity contribution < 1.29 is 9.53 Å². The maximum absolute atomic E-state index is 12.6. The molecule has 1 fully saturated rings. The number of ketones is 1. The van der Waals surface area contributed by atoms with Crippen molar-refractivity contribution in [2.24, 2.45) is 0 Å². The molecule has 18 heavy (non-hydrogen) atoms. The second kappa shape index (κ2) is 5.04. The highest BCUT2D eigenvalue weighted by atomic mass is 16.5. The molecule has 0 unspecified atom stereocenters. The molecule has 0 saturated carbocycles. The summed E-state index contributed by atoms with van der Waals surface area (Å²) in [6.07, 6.45) is 3.13. The minimum Gasteiger partial charge on any atom is -0.398 e. The normalized spacial score (nSPS) is 17.7. The fourth-order valence-electron chi connectivity index (χ4n) is 2.19. The highest BCUT2D eigenvalue weighted by Gasteiger charge is 2.36. The lowest BCUT2D eigenvalue weighted by Gasteiger charge is -2.39. The minimum absolute atomic E-state index is 0.00926. The topological polar surface area (TPSA) is 68.5 Å². The Hall–Kier alpha value is -1.46. The van der Waals surface area contributed by atoms with Gasteiger partial charge in [0.15, 0.2) is 5.78 Å². The Morgan fingerprint density at radius 1 is 1.44 bits per heavy atom. The lowest BCUT2D eigenvalue weighted by molar-refractivity contribution is -0.00427. The molecule has 1 aliphatic rings. The zero-order valence-corrected chi connectivity index (χ0v) is 10.8. The highest BCUT2D eigenvalue weighted by molar-refractivity contribution is 6.06. The van der Waals surface area contributed by atoms with Crippen LogP contribution >= 0.6 is 0 Å². The standard InChI is InChI=1S/C13H19N3O2/c1-13(2,16-5-7-18-8-6-16)12(17)10-9-15-4-3-11(10)14/h3-4,9H,5-8H2,1-2H3,(H2,14,15). The number of nitrogen functional groups attached to an aromatic ring is 1. The SMILES string of the molecule is CC(C)(C(=O)c1cnccc1N)N1CCOCC1. The number of Topliss-reactive ketones (excluding diaryl/α,β-unsaturated/α-hetero) is 1. The van der Waals surface area contributed by atoms with Gasteiger partial charge in [0.2, 0.25) is 0 Å². The largest absolute Gasteiger partial charge is 0.398 e. The van der Waals surface area contributed by atoms with E-state index in [1.165, 1.54) is 0 Å². The zero-order chi connectivity index (χ0) is 13.2. The van der Waals surface area contributed by atoms with Gasteiger partial charge in [-0.15, -0.1) is 0 Å². The number of anilines is 1. The third-order valence-corrected chi connectivity index (χ3v) is 3.46. The van der Waals surface area contributed by atoms with Gasteiger partial charge in [0.1, 0.15) is 0 Å². The second-order valence-electron chi connectivity index (χ2n) is 4.95. The quantitative estimate of drug-likeness (QED) is 0.808. The van der Waals surface area contributed by atoms with Crippen molar-refractivity contribution in [3.63, 3.8) is 0 Å². The number of carbonyl (C=O) groups excluding carboxylic acids is 1. The summed E-state index contributed by atoms with van der Waals surface area (Å²) in [6, 6.07) is 1.66. The molecule has 2 heterocycles. The van der Waals surface area contributed by atoms with Gasteiger partial charge in [-0.25, -0.2) is 0 Å². The molecule has 1 saturated heterocycles. The molecule has 2 rings (SSSR count). The number of carbonyl (C=O) groups is 1. The Labute approximate surface area is 107 Å². The molecule has 1 aromatic heterocycles. The van der Waals surface area contributed by atoms with E-state index in [0.29, 0.717) is 24.5 Å². The van der Waals surface area contributed by atoms with Crippen molar-refractivity contribution in [2.45, 2.75) is 19.4 Å². The third-order valence-electron chi connectivity index (χ3n) is 3.46. The molecule has 5 heteroatoms. The fraction of sp³-hybridized carbons (Fsp3) is 0.538. The van der Waals surface area contributed by atoms with Crippen molar-refractivity contribution in [2.75, 3.05) is 32.0 Å². The van der Waals surface area contributed by atoms with Gasteiger partial charge in [-0.1, -0.05) is 0 Å². The first kappa shape index (κ1) is 13.0. The van der Waals surface area contributed by atoms with E-state index in [9.17, 15) is 4.79 Å². The van der Waals surface area contributed by atoms with Gasteiger partial charge < -0.3 is 10.5 Å². The van der Waals surface area contributed by atoms with Crippen molar-refractivity contribution in [3.8, 4) is 0 Å². The van der Waals surface area contributed by atoms with Crippen LogP contribution in [0.5, 0.6) is 0 Å². The van der Waals surface area contributed by atoms with Crippen molar-refractivity contribution >= 4 is 11.5 Å². The molecular weight excluding hydrogens is 230 g/mol. The first-order valence-electron chi connectivity index (χ1n) is 6.10. The van der Waals surface area contributed by atoms with E-state index in [4.69, 9.17) is 10.5 Å². The highest BCUT2D eigenvalue weighted by Crippen LogP contribution is 2.24. The Balaban J connectivity index is 2.24. The summed E-state index contributed by atoms with van der Waals surface area (Å²) in [5.41, 5.74) is 6.24. The van der Waals surface area contributed by atoms with Crippen molar-refractivity contribution in [3.05, 3.63) is 24.0 Å². The number of ether oxygens (including phenoxy) is 1. The Morgan fingerprint density at radius 2 is 2.11 bits per heavy atom. The predicted octanol–water partition coefficient (Wildman–Crippen LogP) is 0.957. The lowest BCUT2D eigenvalue weighted by atomic mass is 9.91. The van der Waals surface area contributed by atoms with Crippen molar-refractivity contribution in [1.29, 1.82) is 0 Å². The minimum atomic E-state index is -0.582. The summed E-state index contributed by atoms with van der Waals surface area (Å²) in [6.45, 7) is 6.70. The first-order valence-corrected chi connectivity index (χ1v) is 6.10. The van der Waals surface area contributed by atoms with Crippen LogP contribution < -0.4 is 5.73 Å². The molecule has 0 aromatic carbocycles. The predicted molar refractivity (Wildman–Crippen MR) is 69.5 cm³/mol. The molecule has 0 radical (unpaired) electrons. The van der Waals surface area contributed by atoms with E-state index >= 15 is 0 Å². The molecular formula is C13H19N3O2. The van der Waals surface area contributed by atoms with Gasteiger partial charge in [-0.3, -0.25) is 14.7 Å². The third kappa shape index (κ3) is 2.37. The van der Waals surface area contributed by atoms with E-state index in [-0.39, 0.29) is 5.78 Å². The number of nitrogens with two attached hydrogens (primary N) is 1. The van der Waals surface area contributed by atoms with E-state index in [1.54, 1.807) is 18.5 Å². The first-order chi connectivity index (χ1) is 8.53. The Kier molecular flexibility index (Phi) is 3.63. The number of pyridine rings is 1. The van der Waals surface area contributed by atoms with E-state index in [0.717, 1.165) is 13.1 Å². The van der Waals surface area contributed by atoms with Crippen molar-refractivity contribution in [1.82, 2.24) is 9.88 Å². The van der Waals surface area contributed by atoms with E-state index in [2.05, 4.69) is 9.88 Å². The van der Waals surface area contributed by atoms with Gasteiger partial charge in [-0.2, -0.15) is 0 Å². The van der Waals surface area contributed by atoms with Gasteiger partial charge in [-0.05, 0) is 19.9 Å². The summed E-state index contributed by atoms with van der Waals surface area (Å²) in [4.78, 5) is 18.7. The van der Waals surface area contributed by atoms with Crippen LogP contribution in [0.15, 0.2) is 18.5 Å². The van der Waals surface area contributed by atoms with Crippen LogP contribution in [-0.4, -0.2) is 47.5 Å². The van der Waals surface area contributed by atoms with Crippen LogP contribution in [0.2, 0.25) is 0 Å². The molecule has 2 N–H and O–H groups in total. The monoisotopic (exact) mass is 249 g/mol. The summed E-state index contributed by atoms with van der Waals surface area (Å²) in [5, 5.41) is 0. The van der Waals surface area contributed by atoms with Crippen LogP contribution in [0.25, 0.3) is 0 Å². The lowest BCUT2D eigenvalue weighted by Crippen LogP contribution is -2.54. The summed E-state index contributed by atoms with van der Waals surface area (Å²) < 4.78 is 5.31. The molecule has 5 nitrogen and oxygen atoms in total. The molecule has 0 atom stereocenters. The zero-order valence-electron chi connectivity index (χ0n) is 10.8. The van der Waals surface area contributed by atoms with E-state index < -0.39 is 5.54 Å². The Morgan fingerprint density at radius 3 is 2.72 bits per heavy atom. The Bertz CT molecular complexity index is 440. The molecule has 0 spiro atoms. The number of hydrogen-bond donors (Lipinski definition) is 1. The maximum Gasteiger partial charge on any atom is 0.186 e. The van der Waals surface area contributed by atoms with Crippen LogP contribution in [0.4, 0.5) is 5.69 Å². The average Bonchev–Trinajstić information content (AvgIpc) is 2.39. The summed E-state index contributed by atoms with van der Waals surface area (Å²) in [5.74, 6) is 0.00926. The number of aromatic nitrogens is 1. The summed E-state index contributed by atoms with van der Waals surface area (Å²) in [7, 11) is 0. The molecule has 1 aliphatic heterocycles. The number of hydrogen-bond acceptors (Lipinski definition) is 5. The average molecular weight is 249 g/mol. The van der Waals surface area contributed by atoms with Gasteiger partial charge >= 0.3 is 0 Å².